The van der Waals surface area contributed by atoms with Gasteiger partial charge in [-0.05, 0) is 43.4 Å². The first-order chi connectivity index (χ1) is 15.0. The minimum atomic E-state index is -4.64. The van der Waals surface area contributed by atoms with Gasteiger partial charge in [0.25, 0.3) is 0 Å². The Kier molecular flexibility index (Phi) is 7.42. The molecule has 12 heteroatoms. The molecule has 1 heterocycles. The van der Waals surface area contributed by atoms with Gasteiger partial charge in [-0.15, -0.1) is 15.2 Å². The number of carbonyl (C=O) groups is 2. The van der Waals surface area contributed by atoms with E-state index in [1.54, 1.807) is 18.2 Å². The van der Waals surface area contributed by atoms with Gasteiger partial charge in [-0.1, -0.05) is 29.3 Å². The normalized spacial score (nSPS) is 16.4. The van der Waals surface area contributed by atoms with Crippen molar-refractivity contribution in [2.45, 2.75) is 31.7 Å². The number of benzene rings is 1. The second kappa shape index (κ2) is 9.88. The minimum Gasteiger partial charge on any atom is -0.479 e. The maximum absolute atomic E-state index is 12.8. The molecule has 1 aliphatic rings. The fourth-order valence-corrected chi connectivity index (χ4v) is 5.46. The molecule has 0 bridgehead atoms. The summed E-state index contributed by atoms with van der Waals surface area (Å²) in [5.41, 5.74) is 1.92. The van der Waals surface area contributed by atoms with E-state index >= 15 is 0 Å². The van der Waals surface area contributed by atoms with E-state index in [0.717, 1.165) is 17.0 Å². The van der Waals surface area contributed by atoms with Crippen LogP contribution in [0.2, 0.25) is 5.02 Å². The largest absolute Gasteiger partial charge is 0.479 e. The maximum Gasteiger partial charge on any atom is 0.349 e. The molecule has 1 fully saturated rings. The molecule has 1 saturated carbocycles. The maximum atomic E-state index is 12.8. The molecule has 1 aromatic carbocycles. The first-order valence-electron chi connectivity index (χ1n) is 9.44. The molecule has 0 atom stereocenters. The van der Waals surface area contributed by atoms with E-state index in [9.17, 15) is 27.0 Å². The van der Waals surface area contributed by atoms with Crippen LogP contribution in [0.1, 0.15) is 35.4 Å². The van der Waals surface area contributed by atoms with Crippen LogP contribution >= 0.6 is 22.9 Å². The van der Waals surface area contributed by atoms with Crippen LogP contribution in [0, 0.1) is 0 Å². The Labute approximate surface area is 192 Å². The number of hydrogen-bond acceptors (Lipinski definition) is 7. The van der Waals surface area contributed by atoms with Gasteiger partial charge in [0.1, 0.15) is 5.02 Å². The molecule has 172 valence electrons. The zero-order valence-electron chi connectivity index (χ0n) is 16.5. The number of anilines is 1. The molecule has 0 saturated heterocycles. The van der Waals surface area contributed by atoms with Crippen LogP contribution < -0.4 is 10.1 Å². The van der Waals surface area contributed by atoms with Crippen LogP contribution in [-0.4, -0.2) is 43.2 Å². The van der Waals surface area contributed by atoms with Gasteiger partial charge >= 0.3 is 22.2 Å². The third-order valence-electron chi connectivity index (χ3n) is 4.77. The number of allylic oxidation sites excluding steroid dienone is 1. The molecular weight excluding hydrogens is 485 g/mol. The van der Waals surface area contributed by atoms with E-state index in [-0.39, 0.29) is 21.7 Å². The Morgan fingerprint density at radius 1 is 1.28 bits per heavy atom. The Hall–Kier alpha value is -2.63. The van der Waals surface area contributed by atoms with Gasteiger partial charge in [0.2, 0.25) is 0 Å². The summed E-state index contributed by atoms with van der Waals surface area (Å²) in [6.07, 6.45) is 2.18. The molecule has 1 aliphatic carbocycles. The molecule has 8 nitrogen and oxygen atoms in total. The zero-order valence-corrected chi connectivity index (χ0v) is 18.9. The average molecular weight is 504 g/mol. The Morgan fingerprint density at radius 2 is 1.97 bits per heavy atom. The third-order valence-corrected chi connectivity index (χ3v) is 7.07. The second-order valence-corrected chi connectivity index (χ2v) is 9.73. The van der Waals surface area contributed by atoms with Crippen molar-refractivity contribution < 1.29 is 36.8 Å². The van der Waals surface area contributed by atoms with E-state index in [2.05, 4.69) is 5.32 Å². The lowest BCUT2D eigenvalue weighted by molar-refractivity contribution is -0.139. The first-order valence-corrected chi connectivity index (χ1v) is 12.1. The summed E-state index contributed by atoms with van der Waals surface area (Å²) in [7, 11) is -4.64. The third kappa shape index (κ3) is 6.21. The molecule has 3 rings (SSSR count). The van der Waals surface area contributed by atoms with Gasteiger partial charge in [-0.2, -0.15) is 8.42 Å². The van der Waals surface area contributed by atoms with Crippen molar-refractivity contribution in [3.8, 4) is 16.2 Å². The standard InChI is InChI=1S/C20H19ClFNO7S2/c21-16-17(30-9-15(24)25)19(20(26)27)31-18(16)12-2-1-3-14(8-12)23-13-6-4-11(5-7-13)10-32(22,28)29/h1-3,8,10,13,23H,4-7,9H2,(H,24,25)(H,26,27). The highest BCUT2D eigenvalue weighted by Gasteiger charge is 2.25. The van der Waals surface area contributed by atoms with Crippen LogP contribution in [0.15, 0.2) is 35.2 Å². The second-order valence-electron chi connectivity index (χ2n) is 7.14. The van der Waals surface area contributed by atoms with Crippen LogP contribution in [0.25, 0.3) is 10.4 Å². The number of ether oxygens (including phenoxy) is 1. The number of hydrogen-bond donors (Lipinski definition) is 3. The van der Waals surface area contributed by atoms with E-state index < -0.39 is 28.8 Å². The van der Waals surface area contributed by atoms with Gasteiger partial charge in [-0.25, -0.2) is 9.59 Å². The van der Waals surface area contributed by atoms with Crippen molar-refractivity contribution in [1.29, 1.82) is 0 Å². The molecule has 0 unspecified atom stereocenters. The van der Waals surface area contributed by atoms with E-state index in [1.165, 1.54) is 0 Å². The molecule has 1 aromatic heterocycles. The van der Waals surface area contributed by atoms with Crippen LogP contribution in [0.3, 0.4) is 0 Å². The van der Waals surface area contributed by atoms with Gasteiger partial charge in [0.05, 0.1) is 10.3 Å². The number of aliphatic carboxylic acids is 1. The molecule has 2 aromatic rings. The minimum absolute atomic E-state index is 0.0191. The Bertz CT molecular complexity index is 1170. The highest BCUT2D eigenvalue weighted by Crippen LogP contribution is 2.46. The summed E-state index contributed by atoms with van der Waals surface area (Å²) in [5, 5.41) is 22.3. The van der Waals surface area contributed by atoms with Crippen molar-refractivity contribution in [3.05, 3.63) is 45.1 Å². The average Bonchev–Trinajstić information content (AvgIpc) is 3.03. The van der Waals surface area contributed by atoms with Gasteiger partial charge in [-0.3, -0.25) is 0 Å². The number of carboxylic acids is 2. The zero-order chi connectivity index (χ0) is 23.5. The fraction of sp³-hybridized carbons (Fsp3) is 0.300. The number of nitrogens with one attached hydrogen (secondary N) is 1. The van der Waals surface area contributed by atoms with Crippen LogP contribution in [0.4, 0.5) is 9.57 Å². The van der Waals surface area contributed by atoms with Gasteiger partial charge in [0, 0.05) is 11.7 Å². The number of aromatic carboxylic acids is 1. The lowest BCUT2D eigenvalue weighted by Crippen LogP contribution is -2.23. The predicted molar refractivity (Wildman–Crippen MR) is 119 cm³/mol. The number of thiophene rings is 1. The van der Waals surface area contributed by atoms with Gasteiger partial charge in [0.15, 0.2) is 17.2 Å². The summed E-state index contributed by atoms with van der Waals surface area (Å²) < 4.78 is 39.5. The topological polar surface area (TPSA) is 130 Å². The monoisotopic (exact) mass is 503 g/mol. The summed E-state index contributed by atoms with van der Waals surface area (Å²) in [4.78, 5) is 22.6. The van der Waals surface area contributed by atoms with Crippen molar-refractivity contribution in [2.24, 2.45) is 0 Å². The highest BCUT2D eigenvalue weighted by molar-refractivity contribution is 7.89. The van der Waals surface area contributed by atoms with Crippen LogP contribution in [0.5, 0.6) is 5.75 Å². The molecule has 0 aliphatic heterocycles. The number of rotatable bonds is 8. The molecule has 3 N–H and O–H groups in total. The highest BCUT2D eigenvalue weighted by atomic mass is 35.5. The molecule has 0 amide bonds. The van der Waals surface area contributed by atoms with Crippen molar-refractivity contribution in [1.82, 2.24) is 0 Å². The van der Waals surface area contributed by atoms with E-state index in [1.807, 2.05) is 6.07 Å². The van der Waals surface area contributed by atoms with Crippen molar-refractivity contribution in [2.75, 3.05) is 11.9 Å². The first kappa shape index (κ1) is 24.0. The number of carboxylic acid groups (broad SMARTS) is 2. The summed E-state index contributed by atoms with van der Waals surface area (Å²) in [5.74, 6) is -2.72. The van der Waals surface area contributed by atoms with Crippen LogP contribution in [-0.2, 0) is 15.0 Å². The van der Waals surface area contributed by atoms with Gasteiger partial charge < -0.3 is 20.3 Å². The Morgan fingerprint density at radius 3 is 2.56 bits per heavy atom. The van der Waals surface area contributed by atoms with E-state index in [0.29, 0.717) is 47.1 Å². The molecule has 32 heavy (non-hydrogen) atoms. The predicted octanol–water partition coefficient (Wildman–Crippen LogP) is 4.77. The van der Waals surface area contributed by atoms with Crippen molar-refractivity contribution >= 4 is 50.8 Å². The Balaban J connectivity index is 1.78. The summed E-state index contributed by atoms with van der Waals surface area (Å²) in [6, 6.07) is 7.15. The molecule has 0 spiro atoms. The lowest BCUT2D eigenvalue weighted by atomic mass is 9.91. The molecule has 0 radical (unpaired) electrons. The molecular formula is C20H19ClFNO7S2. The summed E-state index contributed by atoms with van der Waals surface area (Å²) in [6.45, 7) is -0.723. The SMILES string of the molecule is O=C(O)COc1c(C(=O)O)sc(-c2cccc(NC3CCC(=CS(=O)(=O)F)CC3)c2)c1Cl. The lowest BCUT2D eigenvalue weighted by Gasteiger charge is -2.25. The van der Waals surface area contributed by atoms with E-state index in [4.69, 9.17) is 21.4 Å². The quantitative estimate of drug-likeness (QED) is 0.439. The van der Waals surface area contributed by atoms with Crippen molar-refractivity contribution in [3.63, 3.8) is 0 Å². The smallest absolute Gasteiger partial charge is 0.349 e. The fourth-order valence-electron chi connectivity index (χ4n) is 3.42. The summed E-state index contributed by atoms with van der Waals surface area (Å²) >= 11 is 7.21. The number of halogens is 2.